The molecule has 5 nitrogen and oxygen atoms in total. The van der Waals surface area contributed by atoms with Crippen LogP contribution in [-0.2, 0) is 11.2 Å². The molecule has 3 aromatic rings. The summed E-state index contributed by atoms with van der Waals surface area (Å²) in [5, 5.41) is 11.0. The molecular weight excluding hydrogens is 400 g/mol. The summed E-state index contributed by atoms with van der Waals surface area (Å²) in [6.45, 7) is 14.1. The Bertz CT molecular complexity index is 1140. The van der Waals surface area contributed by atoms with Crippen molar-refractivity contribution in [3.63, 3.8) is 0 Å². The summed E-state index contributed by atoms with van der Waals surface area (Å²) in [5.41, 5.74) is 4.59. The first-order valence-corrected chi connectivity index (χ1v) is 10.9. The molecule has 0 aliphatic rings. The van der Waals surface area contributed by atoms with Crippen LogP contribution in [0, 0.1) is 12.3 Å². The maximum absolute atomic E-state index is 13.1. The smallest absolute Gasteiger partial charge is 0.414 e. The van der Waals surface area contributed by atoms with Crippen LogP contribution in [0.3, 0.4) is 0 Å². The Morgan fingerprint density at radius 3 is 2.22 bits per heavy atom. The van der Waals surface area contributed by atoms with E-state index in [-0.39, 0.29) is 11.2 Å². The van der Waals surface area contributed by atoms with Crippen molar-refractivity contribution in [3.05, 3.63) is 53.7 Å². The molecule has 5 heteroatoms. The van der Waals surface area contributed by atoms with E-state index in [4.69, 9.17) is 9.72 Å². The molecule has 0 aliphatic heterocycles. The molecule has 1 amide bonds. The Balaban J connectivity index is 2.38. The molecule has 3 rings (SSSR count). The van der Waals surface area contributed by atoms with E-state index in [2.05, 4.69) is 20.8 Å². The zero-order valence-corrected chi connectivity index (χ0v) is 20.4. The number of aromatic nitrogens is 1. The van der Waals surface area contributed by atoms with E-state index in [1.165, 1.54) is 0 Å². The fourth-order valence-corrected chi connectivity index (χ4v) is 3.71. The lowest BCUT2D eigenvalue weighted by molar-refractivity contribution is 0.0589. The average molecular weight is 435 g/mol. The van der Waals surface area contributed by atoms with Gasteiger partial charge in [0.15, 0.2) is 0 Å². The lowest BCUT2D eigenvalue weighted by atomic mass is 9.87. The van der Waals surface area contributed by atoms with Crippen molar-refractivity contribution in [2.24, 2.45) is 5.41 Å². The molecule has 32 heavy (non-hydrogen) atoms. The molecule has 0 radical (unpaired) electrons. The first-order valence-electron chi connectivity index (χ1n) is 10.9. The van der Waals surface area contributed by atoms with Crippen LogP contribution < -0.4 is 4.90 Å². The number of aryl methyl sites for hydroxylation is 1. The fraction of sp³-hybridized carbons (Fsp3) is 0.407. The van der Waals surface area contributed by atoms with Crippen LogP contribution in [0.15, 0.2) is 42.5 Å². The maximum atomic E-state index is 13.1. The van der Waals surface area contributed by atoms with Crippen LogP contribution in [0.1, 0.15) is 52.8 Å². The number of pyridine rings is 1. The first kappa shape index (κ1) is 23.6. The number of rotatable bonds is 3. The summed E-state index contributed by atoms with van der Waals surface area (Å²) in [6.07, 6.45) is 0.229. The standard InChI is InChI=1S/C27H34N2O3/c1-17-9-11-18(12-10-17)23-20-15-19(30)13-14-21(20)28-22(16-26(2,3)4)24(23)29(8)25(31)32-27(5,6)7/h9-15,30H,16H2,1-8H3. The lowest BCUT2D eigenvalue weighted by Crippen LogP contribution is -2.35. The van der Waals surface area contributed by atoms with Crippen molar-refractivity contribution in [2.75, 3.05) is 11.9 Å². The number of carbonyl (C=O) groups is 1. The highest BCUT2D eigenvalue weighted by atomic mass is 16.6. The van der Waals surface area contributed by atoms with Gasteiger partial charge in [0.1, 0.15) is 11.4 Å². The predicted molar refractivity (Wildman–Crippen MR) is 131 cm³/mol. The van der Waals surface area contributed by atoms with E-state index in [1.54, 1.807) is 24.1 Å². The highest BCUT2D eigenvalue weighted by Crippen LogP contribution is 2.42. The normalized spacial score (nSPS) is 12.1. The number of ether oxygens (including phenoxy) is 1. The number of fused-ring (bicyclic) bond motifs is 1. The Hall–Kier alpha value is -3.08. The SMILES string of the molecule is Cc1ccc(-c2c(N(C)C(=O)OC(C)(C)C)c(CC(C)(C)C)nc3ccc(O)cc23)cc1. The topological polar surface area (TPSA) is 62.7 Å². The highest BCUT2D eigenvalue weighted by Gasteiger charge is 2.28. The molecule has 2 aromatic carbocycles. The first-order chi connectivity index (χ1) is 14.7. The van der Waals surface area contributed by atoms with Gasteiger partial charge in [-0.15, -0.1) is 0 Å². The minimum atomic E-state index is -0.623. The number of phenolic OH excluding ortho intramolecular Hbond substituents is 1. The number of nitrogens with zero attached hydrogens (tertiary/aromatic N) is 2. The van der Waals surface area contributed by atoms with Gasteiger partial charge in [-0.3, -0.25) is 9.88 Å². The number of anilines is 1. The quantitative estimate of drug-likeness (QED) is 0.488. The second-order valence-corrected chi connectivity index (χ2v) is 10.6. The zero-order chi connectivity index (χ0) is 23.8. The van der Waals surface area contributed by atoms with E-state index in [0.29, 0.717) is 12.1 Å². The summed E-state index contributed by atoms with van der Waals surface area (Å²) < 4.78 is 5.69. The number of carbonyl (C=O) groups excluding carboxylic acids is 1. The summed E-state index contributed by atoms with van der Waals surface area (Å²) in [7, 11) is 1.73. The van der Waals surface area contributed by atoms with Crippen LogP contribution in [0.25, 0.3) is 22.0 Å². The molecule has 0 aliphatic carbocycles. The Morgan fingerprint density at radius 1 is 1.03 bits per heavy atom. The molecule has 0 fully saturated rings. The van der Waals surface area contributed by atoms with Gasteiger partial charge in [0, 0.05) is 18.0 Å². The minimum absolute atomic E-state index is 0.0499. The van der Waals surface area contributed by atoms with Gasteiger partial charge in [-0.2, -0.15) is 0 Å². The molecule has 170 valence electrons. The number of phenols is 1. The predicted octanol–water partition coefficient (Wildman–Crippen LogP) is 6.88. The average Bonchev–Trinajstić information content (AvgIpc) is 2.65. The van der Waals surface area contributed by atoms with E-state index in [0.717, 1.165) is 33.3 Å². The molecule has 0 atom stereocenters. The van der Waals surface area contributed by atoms with E-state index < -0.39 is 11.7 Å². The minimum Gasteiger partial charge on any atom is -0.508 e. The highest BCUT2D eigenvalue weighted by molar-refractivity contribution is 6.06. The summed E-state index contributed by atoms with van der Waals surface area (Å²) in [6, 6.07) is 13.4. The maximum Gasteiger partial charge on any atom is 0.414 e. The molecule has 0 bridgehead atoms. The largest absolute Gasteiger partial charge is 0.508 e. The van der Waals surface area contributed by atoms with E-state index >= 15 is 0 Å². The molecule has 1 N–H and O–H groups in total. The third kappa shape index (κ3) is 5.39. The lowest BCUT2D eigenvalue weighted by Gasteiger charge is -2.30. The van der Waals surface area contributed by atoms with Crippen molar-refractivity contribution in [1.82, 2.24) is 4.98 Å². The van der Waals surface area contributed by atoms with Gasteiger partial charge < -0.3 is 9.84 Å². The molecule has 0 unspecified atom stereocenters. The van der Waals surface area contributed by atoms with Crippen molar-refractivity contribution >= 4 is 22.7 Å². The molecule has 1 heterocycles. The van der Waals surface area contributed by atoms with Crippen LogP contribution in [0.2, 0.25) is 0 Å². The van der Waals surface area contributed by atoms with Crippen LogP contribution in [0.5, 0.6) is 5.75 Å². The van der Waals surface area contributed by atoms with Gasteiger partial charge >= 0.3 is 6.09 Å². The molecule has 0 saturated carbocycles. The van der Waals surface area contributed by atoms with Gasteiger partial charge in [-0.1, -0.05) is 50.6 Å². The Labute approximate surface area is 191 Å². The molecular formula is C27H34N2O3. The zero-order valence-electron chi connectivity index (χ0n) is 20.4. The monoisotopic (exact) mass is 434 g/mol. The third-order valence-electron chi connectivity index (χ3n) is 5.06. The number of hydrogen-bond donors (Lipinski definition) is 1. The summed E-state index contributed by atoms with van der Waals surface area (Å²) >= 11 is 0. The van der Waals surface area contributed by atoms with Gasteiger partial charge in [0.05, 0.1) is 16.9 Å². The third-order valence-corrected chi connectivity index (χ3v) is 5.06. The molecule has 0 saturated heterocycles. The number of amides is 1. The summed E-state index contributed by atoms with van der Waals surface area (Å²) in [5.74, 6) is 0.155. The Kier molecular flexibility index (Phi) is 6.23. The van der Waals surface area contributed by atoms with Crippen LogP contribution in [-0.4, -0.2) is 28.8 Å². The van der Waals surface area contributed by atoms with Crippen molar-refractivity contribution in [1.29, 1.82) is 0 Å². The number of benzene rings is 2. The van der Waals surface area contributed by atoms with E-state index in [1.807, 2.05) is 58.0 Å². The molecule has 1 aromatic heterocycles. The van der Waals surface area contributed by atoms with Crippen LogP contribution in [0.4, 0.5) is 10.5 Å². The number of aromatic hydroxyl groups is 1. The second-order valence-electron chi connectivity index (χ2n) is 10.6. The van der Waals surface area contributed by atoms with Gasteiger partial charge in [0.25, 0.3) is 0 Å². The fourth-order valence-electron chi connectivity index (χ4n) is 3.71. The Morgan fingerprint density at radius 2 is 1.66 bits per heavy atom. The summed E-state index contributed by atoms with van der Waals surface area (Å²) in [4.78, 5) is 19.6. The second kappa shape index (κ2) is 8.45. The van der Waals surface area contributed by atoms with Crippen molar-refractivity contribution in [2.45, 2.75) is 60.5 Å². The van der Waals surface area contributed by atoms with Crippen molar-refractivity contribution in [3.8, 4) is 16.9 Å². The van der Waals surface area contributed by atoms with Gasteiger partial charge in [0.2, 0.25) is 0 Å². The number of hydrogen-bond acceptors (Lipinski definition) is 4. The molecule has 0 spiro atoms. The van der Waals surface area contributed by atoms with Gasteiger partial charge in [-0.05, 0) is 63.3 Å². The van der Waals surface area contributed by atoms with Crippen LogP contribution >= 0.6 is 0 Å². The van der Waals surface area contributed by atoms with E-state index in [9.17, 15) is 9.90 Å². The van der Waals surface area contributed by atoms with Crippen molar-refractivity contribution < 1.29 is 14.6 Å². The van der Waals surface area contributed by atoms with Gasteiger partial charge in [-0.25, -0.2) is 4.79 Å².